The summed E-state index contributed by atoms with van der Waals surface area (Å²) < 4.78 is 154. The Labute approximate surface area is 305 Å². The lowest BCUT2D eigenvalue weighted by Crippen LogP contribution is -2.52. The minimum absolute atomic E-state index is 0.0588. The van der Waals surface area contributed by atoms with Gasteiger partial charge in [0.05, 0.1) is 0 Å². The molecule has 0 nitrogen and oxygen atoms in total. The van der Waals surface area contributed by atoms with Crippen LogP contribution < -0.4 is 21.5 Å². The van der Waals surface area contributed by atoms with Gasteiger partial charge in [-0.2, -0.15) is 0 Å². The van der Waals surface area contributed by atoms with E-state index < -0.39 is 94.6 Å². The van der Waals surface area contributed by atoms with Crippen LogP contribution >= 0.6 is 7.92 Å². The van der Waals surface area contributed by atoms with Crippen molar-refractivity contribution in [2.24, 2.45) is 5.41 Å². The van der Waals surface area contributed by atoms with E-state index >= 15 is 35.1 Å². The zero-order valence-electron chi connectivity index (χ0n) is 31.0. The molecule has 0 amide bonds. The highest BCUT2D eigenvalue weighted by Gasteiger charge is 2.43. The third-order valence-corrected chi connectivity index (χ3v) is 12.2. The molecular formula is C41H38BF10P. The molecule has 0 heterocycles. The Morgan fingerprint density at radius 2 is 0.830 bits per heavy atom. The molecule has 0 atom stereocenters. The Hall–Kier alpha value is -4.11. The second kappa shape index (κ2) is 15.3. The first-order chi connectivity index (χ1) is 24.4. The van der Waals surface area contributed by atoms with Gasteiger partial charge < -0.3 is 0 Å². The summed E-state index contributed by atoms with van der Waals surface area (Å²) in [7, 11) is -2.03. The molecule has 0 aliphatic rings. The quantitative estimate of drug-likeness (QED) is 0.0419. The van der Waals surface area contributed by atoms with E-state index in [0.29, 0.717) is 10.6 Å². The number of allylic oxidation sites excluding steroid dienone is 5. The van der Waals surface area contributed by atoms with Gasteiger partial charge in [0, 0.05) is 10.9 Å². The number of benzene rings is 4. The van der Waals surface area contributed by atoms with Crippen LogP contribution in [0.5, 0.6) is 0 Å². The molecule has 0 spiro atoms. The molecule has 4 aromatic rings. The summed E-state index contributed by atoms with van der Waals surface area (Å²) in [5.41, 5.74) is -0.0739. The van der Waals surface area contributed by atoms with E-state index in [1.54, 1.807) is 20.8 Å². The third kappa shape index (κ3) is 7.78. The van der Waals surface area contributed by atoms with Crippen molar-refractivity contribution in [1.82, 2.24) is 0 Å². The van der Waals surface area contributed by atoms with Crippen LogP contribution in [-0.2, 0) is 0 Å². The maximum Gasteiger partial charge on any atom is 0.257 e. The van der Waals surface area contributed by atoms with E-state index in [0.717, 1.165) is 33.4 Å². The molecule has 0 aromatic heterocycles. The minimum Gasteiger partial charge on any atom is -0.204 e. The first-order valence-corrected chi connectivity index (χ1v) is 17.8. The van der Waals surface area contributed by atoms with Crippen molar-refractivity contribution in [1.29, 1.82) is 0 Å². The average Bonchev–Trinajstić information content (AvgIpc) is 3.04. The monoisotopic (exact) mass is 762 g/mol. The Morgan fingerprint density at radius 3 is 1.09 bits per heavy atom. The molecule has 0 saturated carbocycles. The predicted octanol–water partition coefficient (Wildman–Crippen LogP) is 10.6. The van der Waals surface area contributed by atoms with Gasteiger partial charge in [-0.15, -0.1) is 0 Å². The molecule has 4 aromatic carbocycles. The fourth-order valence-corrected chi connectivity index (χ4v) is 9.99. The van der Waals surface area contributed by atoms with Crippen LogP contribution in [0.4, 0.5) is 43.9 Å². The summed E-state index contributed by atoms with van der Waals surface area (Å²) in [5, 5.41) is 1.41. The Bertz CT molecular complexity index is 2000. The standard InChI is InChI=1S/C41H38BF10P/c1-18(2)38(53(39-21(5)14-19(3)15-22(39)6)40-23(7)16-20(4)17-24(40)8)25(12-13-41(9,10)11)42(26-28(43)32(47)36(51)33(48)29(26)44)27-30(45)34(49)37(52)35(50)31(27)46/h12-17H,1H2,2-11H3/b13-12+,38-25+. The first-order valence-electron chi connectivity index (χ1n) is 16.5. The van der Waals surface area contributed by atoms with Gasteiger partial charge in [-0.3, -0.25) is 0 Å². The molecule has 0 fully saturated rings. The van der Waals surface area contributed by atoms with E-state index in [2.05, 4.69) is 6.58 Å². The summed E-state index contributed by atoms with van der Waals surface area (Å²) >= 11 is 0. The molecule has 0 saturated heterocycles. The van der Waals surface area contributed by atoms with Crippen molar-refractivity contribution in [2.45, 2.75) is 69.2 Å². The maximum absolute atomic E-state index is 16.1. The van der Waals surface area contributed by atoms with Gasteiger partial charge in [0.2, 0.25) is 0 Å². The molecule has 280 valence electrons. The lowest BCUT2D eigenvalue weighted by molar-refractivity contribution is 0.382. The van der Waals surface area contributed by atoms with E-state index in [-0.39, 0.29) is 10.9 Å². The first kappa shape index (κ1) is 41.6. The fourth-order valence-electron chi connectivity index (χ4n) is 6.81. The van der Waals surface area contributed by atoms with Gasteiger partial charge in [-0.25, -0.2) is 43.9 Å². The number of halogens is 10. The second-order valence-corrected chi connectivity index (χ2v) is 16.5. The van der Waals surface area contributed by atoms with Crippen molar-refractivity contribution in [3.05, 3.63) is 151 Å². The molecule has 12 heteroatoms. The smallest absolute Gasteiger partial charge is 0.204 e. The van der Waals surface area contributed by atoms with Gasteiger partial charge in [-0.05, 0) is 100.0 Å². The van der Waals surface area contributed by atoms with Crippen molar-refractivity contribution < 1.29 is 43.9 Å². The Morgan fingerprint density at radius 1 is 0.547 bits per heavy atom. The topological polar surface area (TPSA) is 0 Å². The molecule has 0 unspecified atom stereocenters. The molecule has 4 rings (SSSR count). The van der Waals surface area contributed by atoms with E-state index in [4.69, 9.17) is 0 Å². The van der Waals surface area contributed by atoms with Gasteiger partial charge >= 0.3 is 0 Å². The summed E-state index contributed by atoms with van der Waals surface area (Å²) in [4.78, 5) is 0. The van der Waals surface area contributed by atoms with Gasteiger partial charge in [0.15, 0.2) is 58.2 Å². The van der Waals surface area contributed by atoms with Gasteiger partial charge in [0.25, 0.3) is 6.71 Å². The lowest BCUT2D eigenvalue weighted by Gasteiger charge is -2.33. The summed E-state index contributed by atoms with van der Waals surface area (Å²) in [6, 6.07) is 7.51. The average molecular weight is 763 g/mol. The van der Waals surface area contributed by atoms with E-state index in [1.165, 1.54) is 19.1 Å². The normalized spacial score (nSPS) is 12.6. The lowest BCUT2D eigenvalue weighted by atomic mass is 9.35. The number of rotatable bonds is 8. The van der Waals surface area contributed by atoms with Crippen molar-refractivity contribution in [3.63, 3.8) is 0 Å². The fraction of sp³-hybridized carbons (Fsp3) is 0.268. The highest BCUT2D eigenvalue weighted by Crippen LogP contribution is 2.52. The third-order valence-electron chi connectivity index (χ3n) is 8.76. The number of hydrogen-bond acceptors (Lipinski definition) is 0. The molecule has 0 bridgehead atoms. The highest BCUT2D eigenvalue weighted by molar-refractivity contribution is 7.77. The minimum atomic E-state index is -2.78. The largest absolute Gasteiger partial charge is 0.257 e. The van der Waals surface area contributed by atoms with Crippen LogP contribution in [-0.4, -0.2) is 6.71 Å². The summed E-state index contributed by atoms with van der Waals surface area (Å²) in [5.74, 6) is -25.1. The van der Waals surface area contributed by atoms with Crippen LogP contribution in [0.2, 0.25) is 0 Å². The molecular weight excluding hydrogens is 724 g/mol. The van der Waals surface area contributed by atoms with Crippen LogP contribution in [0, 0.1) is 105 Å². The van der Waals surface area contributed by atoms with E-state index in [9.17, 15) is 8.78 Å². The molecule has 0 radical (unpaired) electrons. The number of hydrogen-bond donors (Lipinski definition) is 0. The Balaban J connectivity index is 2.49. The second-order valence-electron chi connectivity index (χ2n) is 14.5. The SMILES string of the molecule is C=C(C)/C(=C(/C=C/C(C)(C)C)B(c1c(F)c(F)c(F)c(F)c1F)c1c(F)c(F)c(F)c(F)c1F)P(c1c(C)cc(C)cc1C)c1c(C)cc(C)cc1C. The molecule has 0 aliphatic heterocycles. The van der Waals surface area contributed by atoms with Crippen LogP contribution in [0.25, 0.3) is 0 Å². The zero-order chi connectivity index (χ0) is 40.2. The number of aryl methyl sites for hydroxylation is 6. The summed E-state index contributed by atoms with van der Waals surface area (Å²) in [6.45, 7) is 18.9. The Kier molecular flexibility index (Phi) is 12.0. The van der Waals surface area contributed by atoms with Crippen LogP contribution in [0.3, 0.4) is 0 Å². The zero-order valence-corrected chi connectivity index (χ0v) is 31.9. The molecule has 0 N–H and O–H groups in total. The predicted molar refractivity (Wildman–Crippen MR) is 195 cm³/mol. The van der Waals surface area contributed by atoms with Crippen molar-refractivity contribution in [2.75, 3.05) is 0 Å². The van der Waals surface area contributed by atoms with Crippen molar-refractivity contribution in [3.8, 4) is 0 Å². The van der Waals surface area contributed by atoms with E-state index in [1.807, 2.05) is 65.8 Å². The maximum atomic E-state index is 16.1. The molecule has 53 heavy (non-hydrogen) atoms. The van der Waals surface area contributed by atoms with Gasteiger partial charge in [-0.1, -0.05) is 85.9 Å². The van der Waals surface area contributed by atoms with Crippen LogP contribution in [0.1, 0.15) is 61.1 Å². The molecule has 0 aliphatic carbocycles. The summed E-state index contributed by atoms with van der Waals surface area (Å²) in [6.07, 6.45) is 2.64. The highest BCUT2D eigenvalue weighted by atomic mass is 31.1. The van der Waals surface area contributed by atoms with Crippen LogP contribution in [0.15, 0.2) is 59.4 Å². The van der Waals surface area contributed by atoms with Gasteiger partial charge in [0.1, 0.15) is 0 Å². The van der Waals surface area contributed by atoms with Crippen molar-refractivity contribution >= 4 is 36.2 Å².